The van der Waals surface area contributed by atoms with Crippen LogP contribution in [0, 0.1) is 0 Å². The topological polar surface area (TPSA) is 58.6 Å². The lowest BCUT2D eigenvalue weighted by molar-refractivity contribution is -0.141. The zero-order valence-corrected chi connectivity index (χ0v) is 20.2. The van der Waals surface area contributed by atoms with Crippen LogP contribution in [0.15, 0.2) is 42.5 Å². The fourth-order valence-electron chi connectivity index (χ4n) is 3.23. The number of amides is 2. The molecule has 0 heterocycles. The number of carbonyl (C=O) groups is 2. The van der Waals surface area contributed by atoms with E-state index in [0.29, 0.717) is 28.6 Å². The van der Waals surface area contributed by atoms with E-state index in [1.807, 2.05) is 52.0 Å². The van der Waals surface area contributed by atoms with Crippen molar-refractivity contribution in [1.82, 2.24) is 10.2 Å². The van der Waals surface area contributed by atoms with Crippen molar-refractivity contribution in [3.05, 3.63) is 63.6 Å². The quantitative estimate of drug-likeness (QED) is 0.578. The van der Waals surface area contributed by atoms with Crippen LogP contribution in [0.3, 0.4) is 0 Å². The normalized spacial score (nSPS) is 12.2. The van der Waals surface area contributed by atoms with Crippen LogP contribution in [-0.2, 0) is 22.6 Å². The summed E-state index contributed by atoms with van der Waals surface area (Å²) in [4.78, 5) is 28.0. The maximum atomic E-state index is 13.4. The molecule has 2 aromatic carbocycles. The van der Waals surface area contributed by atoms with Gasteiger partial charge in [0.15, 0.2) is 0 Å². The van der Waals surface area contributed by atoms with Gasteiger partial charge in [0.05, 0.1) is 13.5 Å². The Kier molecular flexibility index (Phi) is 8.78. The van der Waals surface area contributed by atoms with Crippen LogP contribution in [0.1, 0.15) is 45.2 Å². The van der Waals surface area contributed by atoms with Gasteiger partial charge in [0.2, 0.25) is 11.8 Å². The number of nitrogens with one attached hydrogen (secondary N) is 1. The van der Waals surface area contributed by atoms with E-state index in [2.05, 4.69) is 5.32 Å². The van der Waals surface area contributed by atoms with Gasteiger partial charge in [0.25, 0.3) is 0 Å². The SMILES string of the molecule is CC[C@H](C(=O)NC(C)(C)C)N(Cc1ccc(OC)cc1)C(=O)Cc1ccc(Cl)cc1Cl. The summed E-state index contributed by atoms with van der Waals surface area (Å²) in [5.41, 5.74) is 1.17. The molecule has 1 N–H and O–H groups in total. The number of hydrogen-bond donors (Lipinski definition) is 1. The summed E-state index contributed by atoms with van der Waals surface area (Å²) in [6.45, 7) is 7.95. The largest absolute Gasteiger partial charge is 0.497 e. The molecule has 0 fully saturated rings. The van der Waals surface area contributed by atoms with Crippen LogP contribution in [0.4, 0.5) is 0 Å². The first-order chi connectivity index (χ1) is 14.5. The van der Waals surface area contributed by atoms with Crippen molar-refractivity contribution in [3.8, 4) is 5.75 Å². The van der Waals surface area contributed by atoms with Crippen molar-refractivity contribution in [2.45, 2.75) is 58.7 Å². The highest BCUT2D eigenvalue weighted by atomic mass is 35.5. The number of methoxy groups -OCH3 is 1. The van der Waals surface area contributed by atoms with E-state index in [4.69, 9.17) is 27.9 Å². The third-order valence-corrected chi connectivity index (χ3v) is 5.34. The van der Waals surface area contributed by atoms with E-state index in [1.165, 1.54) is 0 Å². The van der Waals surface area contributed by atoms with Crippen molar-refractivity contribution >= 4 is 35.0 Å². The maximum absolute atomic E-state index is 13.4. The molecule has 0 saturated carbocycles. The van der Waals surface area contributed by atoms with Gasteiger partial charge in [-0.3, -0.25) is 9.59 Å². The van der Waals surface area contributed by atoms with Gasteiger partial charge in [-0.1, -0.05) is 48.3 Å². The molecule has 2 rings (SSSR count). The summed E-state index contributed by atoms with van der Waals surface area (Å²) < 4.78 is 5.22. The predicted octanol–water partition coefficient (Wildman–Crippen LogP) is 5.27. The van der Waals surface area contributed by atoms with Crippen LogP contribution >= 0.6 is 23.2 Å². The van der Waals surface area contributed by atoms with Crippen LogP contribution in [0.25, 0.3) is 0 Å². The molecule has 2 amide bonds. The molecule has 0 saturated heterocycles. The maximum Gasteiger partial charge on any atom is 0.243 e. The molecule has 0 aliphatic heterocycles. The van der Waals surface area contributed by atoms with E-state index in [1.54, 1.807) is 30.2 Å². The predicted molar refractivity (Wildman–Crippen MR) is 126 cm³/mol. The van der Waals surface area contributed by atoms with E-state index in [9.17, 15) is 9.59 Å². The highest BCUT2D eigenvalue weighted by Gasteiger charge is 2.30. The number of benzene rings is 2. The summed E-state index contributed by atoms with van der Waals surface area (Å²) in [6.07, 6.45) is 0.559. The fourth-order valence-corrected chi connectivity index (χ4v) is 3.70. The summed E-state index contributed by atoms with van der Waals surface area (Å²) >= 11 is 12.3. The molecular formula is C24H30Cl2N2O3. The number of halogens is 2. The smallest absolute Gasteiger partial charge is 0.243 e. The van der Waals surface area contributed by atoms with Gasteiger partial charge >= 0.3 is 0 Å². The fraction of sp³-hybridized carbons (Fsp3) is 0.417. The number of nitrogens with zero attached hydrogens (tertiary/aromatic N) is 1. The Bertz CT molecular complexity index is 908. The molecule has 168 valence electrons. The molecule has 0 bridgehead atoms. The number of hydrogen-bond acceptors (Lipinski definition) is 3. The average molecular weight is 465 g/mol. The molecule has 0 radical (unpaired) electrons. The monoisotopic (exact) mass is 464 g/mol. The van der Waals surface area contributed by atoms with Crippen LogP contribution in [0.5, 0.6) is 5.75 Å². The molecular weight excluding hydrogens is 435 g/mol. The Hall–Kier alpha value is -2.24. The molecule has 7 heteroatoms. The van der Waals surface area contributed by atoms with Crippen LogP contribution in [0.2, 0.25) is 10.0 Å². The van der Waals surface area contributed by atoms with Gasteiger partial charge in [-0.15, -0.1) is 0 Å². The number of ether oxygens (including phenoxy) is 1. The first-order valence-corrected chi connectivity index (χ1v) is 11.0. The summed E-state index contributed by atoms with van der Waals surface area (Å²) in [5.74, 6) is 0.363. The lowest BCUT2D eigenvalue weighted by Crippen LogP contribution is -2.53. The third-order valence-electron chi connectivity index (χ3n) is 4.75. The summed E-state index contributed by atoms with van der Waals surface area (Å²) in [6, 6.07) is 11.9. The van der Waals surface area contributed by atoms with E-state index < -0.39 is 11.6 Å². The highest BCUT2D eigenvalue weighted by molar-refractivity contribution is 6.35. The molecule has 0 aliphatic carbocycles. The second-order valence-electron chi connectivity index (χ2n) is 8.45. The van der Waals surface area contributed by atoms with Gasteiger partial charge in [-0.05, 0) is 62.6 Å². The second kappa shape index (κ2) is 10.9. The average Bonchev–Trinajstić information content (AvgIpc) is 2.69. The summed E-state index contributed by atoms with van der Waals surface area (Å²) in [7, 11) is 1.60. The first-order valence-electron chi connectivity index (χ1n) is 10.2. The van der Waals surface area contributed by atoms with Crippen molar-refractivity contribution in [2.75, 3.05) is 7.11 Å². The van der Waals surface area contributed by atoms with Crippen molar-refractivity contribution in [2.24, 2.45) is 0 Å². The van der Waals surface area contributed by atoms with Crippen molar-refractivity contribution < 1.29 is 14.3 Å². The van der Waals surface area contributed by atoms with Crippen LogP contribution < -0.4 is 10.1 Å². The molecule has 0 aromatic heterocycles. The molecule has 5 nitrogen and oxygen atoms in total. The first kappa shape index (κ1) is 25.0. The Balaban J connectivity index is 2.34. The Morgan fingerprint density at radius 1 is 1.10 bits per heavy atom. The van der Waals surface area contributed by atoms with Gasteiger partial charge in [-0.25, -0.2) is 0 Å². The zero-order valence-electron chi connectivity index (χ0n) is 18.7. The lowest BCUT2D eigenvalue weighted by Gasteiger charge is -2.33. The molecule has 1 atom stereocenters. The van der Waals surface area contributed by atoms with Gasteiger partial charge in [-0.2, -0.15) is 0 Å². The van der Waals surface area contributed by atoms with E-state index in [0.717, 1.165) is 11.3 Å². The molecule has 2 aromatic rings. The van der Waals surface area contributed by atoms with Gasteiger partial charge in [0.1, 0.15) is 11.8 Å². The highest BCUT2D eigenvalue weighted by Crippen LogP contribution is 2.23. The molecule has 0 aliphatic rings. The molecule has 31 heavy (non-hydrogen) atoms. The van der Waals surface area contributed by atoms with Gasteiger partial charge < -0.3 is 15.0 Å². The van der Waals surface area contributed by atoms with Crippen molar-refractivity contribution in [1.29, 1.82) is 0 Å². The van der Waals surface area contributed by atoms with E-state index in [-0.39, 0.29) is 18.2 Å². The number of carbonyl (C=O) groups excluding carboxylic acids is 2. The standard InChI is InChI=1S/C24H30Cl2N2O3/c1-6-21(23(30)27-24(2,3)4)28(15-16-7-11-19(31-5)12-8-16)22(29)13-17-9-10-18(25)14-20(17)26/h7-12,14,21H,6,13,15H2,1-5H3,(H,27,30)/t21-/m1/s1. The minimum absolute atomic E-state index is 0.0749. The van der Waals surface area contributed by atoms with Crippen molar-refractivity contribution in [3.63, 3.8) is 0 Å². The molecule has 0 spiro atoms. The Labute approximate surface area is 194 Å². The zero-order chi connectivity index (χ0) is 23.2. The Morgan fingerprint density at radius 2 is 1.74 bits per heavy atom. The summed E-state index contributed by atoms with van der Waals surface area (Å²) in [5, 5.41) is 3.93. The minimum Gasteiger partial charge on any atom is -0.497 e. The molecule has 0 unspecified atom stereocenters. The number of rotatable bonds is 8. The second-order valence-corrected chi connectivity index (χ2v) is 9.29. The lowest BCUT2D eigenvalue weighted by atomic mass is 10.0. The van der Waals surface area contributed by atoms with Crippen LogP contribution in [-0.4, -0.2) is 35.4 Å². The van der Waals surface area contributed by atoms with Gasteiger partial charge in [0, 0.05) is 22.1 Å². The Morgan fingerprint density at radius 3 is 2.26 bits per heavy atom. The van der Waals surface area contributed by atoms with E-state index >= 15 is 0 Å². The minimum atomic E-state index is -0.611. The third kappa shape index (κ3) is 7.44.